The summed E-state index contributed by atoms with van der Waals surface area (Å²) in [4.78, 5) is 25.8. The van der Waals surface area contributed by atoms with Crippen molar-refractivity contribution < 1.29 is 19.1 Å². The first-order valence-corrected chi connectivity index (χ1v) is 7.50. The van der Waals surface area contributed by atoms with Crippen molar-refractivity contribution in [3.05, 3.63) is 35.9 Å². The van der Waals surface area contributed by atoms with Gasteiger partial charge in [0.2, 0.25) is 0 Å². The van der Waals surface area contributed by atoms with Crippen LogP contribution in [-0.4, -0.2) is 41.8 Å². The fourth-order valence-corrected chi connectivity index (χ4v) is 2.35. The summed E-state index contributed by atoms with van der Waals surface area (Å²) in [5.41, 5.74) is -0.00974. The lowest BCUT2D eigenvalue weighted by Crippen LogP contribution is -2.36. The summed E-state index contributed by atoms with van der Waals surface area (Å²) in [6.45, 7) is 8.36. The van der Waals surface area contributed by atoms with E-state index in [1.165, 1.54) is 0 Å². The quantitative estimate of drug-likeness (QED) is 0.788. The minimum absolute atomic E-state index is 0.0835. The van der Waals surface area contributed by atoms with Crippen LogP contribution in [0.1, 0.15) is 38.1 Å². The smallest absolute Gasteiger partial charge is 0.410 e. The molecule has 0 spiro atoms. The lowest BCUT2D eigenvalue weighted by molar-refractivity contribution is 0.0169. The summed E-state index contributed by atoms with van der Waals surface area (Å²) in [5.74, 6) is -0.274. The van der Waals surface area contributed by atoms with Gasteiger partial charge in [0.1, 0.15) is 11.7 Å². The fraction of sp³-hybridized carbons (Fsp3) is 0.529. The summed E-state index contributed by atoms with van der Waals surface area (Å²) < 4.78 is 10.9. The maximum atomic E-state index is 12.1. The molecule has 5 heteroatoms. The highest BCUT2D eigenvalue weighted by atomic mass is 16.6. The van der Waals surface area contributed by atoms with Crippen molar-refractivity contribution >= 4 is 12.1 Å². The van der Waals surface area contributed by atoms with Gasteiger partial charge in [-0.25, -0.2) is 9.59 Å². The van der Waals surface area contributed by atoms with Gasteiger partial charge in [0.15, 0.2) is 0 Å². The van der Waals surface area contributed by atoms with Crippen LogP contribution in [-0.2, 0) is 9.47 Å². The van der Waals surface area contributed by atoms with Gasteiger partial charge in [-0.2, -0.15) is 0 Å². The minimum atomic E-state index is -0.529. The molecule has 1 aliphatic rings. The number of likely N-dealkylation sites (tertiary alicyclic amines) is 1. The monoisotopic (exact) mass is 305 g/mol. The number of benzene rings is 1. The van der Waals surface area contributed by atoms with E-state index in [1.807, 2.05) is 33.8 Å². The normalized spacial score (nSPS) is 21.5. The summed E-state index contributed by atoms with van der Waals surface area (Å²) >= 11 is 0. The summed E-state index contributed by atoms with van der Waals surface area (Å²) in [6.07, 6.45) is -0.669. The van der Waals surface area contributed by atoms with Gasteiger partial charge in [0.25, 0.3) is 0 Å². The fourth-order valence-electron chi connectivity index (χ4n) is 2.35. The molecule has 1 aliphatic heterocycles. The molecule has 2 atom stereocenters. The van der Waals surface area contributed by atoms with Crippen molar-refractivity contribution in [1.29, 1.82) is 0 Å². The number of hydrogen-bond donors (Lipinski definition) is 0. The molecule has 1 amide bonds. The maximum Gasteiger partial charge on any atom is 0.410 e. The molecule has 1 aromatic rings. The Labute approximate surface area is 131 Å². The lowest BCUT2D eigenvalue weighted by atomic mass is 10.1. The van der Waals surface area contributed by atoms with Crippen LogP contribution in [0.5, 0.6) is 0 Å². The van der Waals surface area contributed by atoms with Gasteiger partial charge in [-0.3, -0.25) is 0 Å². The Hall–Kier alpha value is -2.04. The van der Waals surface area contributed by atoms with Crippen LogP contribution in [0.2, 0.25) is 0 Å². The van der Waals surface area contributed by atoms with Gasteiger partial charge in [-0.05, 0) is 32.9 Å². The highest BCUT2D eigenvalue weighted by Crippen LogP contribution is 2.23. The van der Waals surface area contributed by atoms with Crippen LogP contribution in [0.15, 0.2) is 30.3 Å². The van der Waals surface area contributed by atoms with E-state index in [2.05, 4.69) is 0 Å². The highest BCUT2D eigenvalue weighted by molar-refractivity contribution is 5.89. The largest absolute Gasteiger partial charge is 0.457 e. The number of esters is 1. The molecular weight excluding hydrogens is 282 g/mol. The van der Waals surface area contributed by atoms with E-state index in [1.54, 1.807) is 29.2 Å². The van der Waals surface area contributed by atoms with Crippen molar-refractivity contribution in [2.75, 3.05) is 13.1 Å². The van der Waals surface area contributed by atoms with E-state index >= 15 is 0 Å². The molecule has 22 heavy (non-hydrogen) atoms. The second kappa shape index (κ2) is 6.38. The predicted molar refractivity (Wildman–Crippen MR) is 82.6 cm³/mol. The SMILES string of the molecule is CC1CN(C(=O)OC(C)(C)C)CC1OC(=O)c1ccccc1. The number of carbonyl (C=O) groups excluding carboxylic acids is 2. The van der Waals surface area contributed by atoms with Gasteiger partial charge >= 0.3 is 12.1 Å². The van der Waals surface area contributed by atoms with Crippen LogP contribution in [0.25, 0.3) is 0 Å². The minimum Gasteiger partial charge on any atom is -0.457 e. The number of carbonyl (C=O) groups is 2. The van der Waals surface area contributed by atoms with Crippen molar-refractivity contribution in [2.45, 2.75) is 39.4 Å². The molecule has 0 aromatic heterocycles. The summed E-state index contributed by atoms with van der Waals surface area (Å²) in [5, 5.41) is 0. The lowest BCUT2D eigenvalue weighted by Gasteiger charge is -2.24. The average Bonchev–Trinajstić information content (AvgIpc) is 2.79. The second-order valence-corrected chi connectivity index (χ2v) is 6.67. The first kappa shape index (κ1) is 16.3. The third-order valence-electron chi connectivity index (χ3n) is 3.46. The molecule has 1 fully saturated rings. The number of ether oxygens (including phenoxy) is 2. The van der Waals surface area contributed by atoms with Crippen LogP contribution in [0.3, 0.4) is 0 Å². The van der Waals surface area contributed by atoms with Crippen molar-refractivity contribution in [3.8, 4) is 0 Å². The molecule has 5 nitrogen and oxygen atoms in total. The third-order valence-corrected chi connectivity index (χ3v) is 3.46. The molecular formula is C17H23NO4. The molecule has 0 N–H and O–H groups in total. The third kappa shape index (κ3) is 4.23. The van der Waals surface area contributed by atoms with Crippen molar-refractivity contribution in [3.63, 3.8) is 0 Å². The van der Waals surface area contributed by atoms with Gasteiger partial charge in [-0.1, -0.05) is 25.1 Å². The molecule has 0 aliphatic carbocycles. The molecule has 1 heterocycles. The number of rotatable bonds is 2. The van der Waals surface area contributed by atoms with E-state index in [0.717, 1.165) is 0 Å². The summed E-state index contributed by atoms with van der Waals surface area (Å²) in [6, 6.07) is 8.86. The van der Waals surface area contributed by atoms with Crippen LogP contribution in [0, 0.1) is 5.92 Å². The maximum absolute atomic E-state index is 12.1. The van der Waals surface area contributed by atoms with Gasteiger partial charge in [0, 0.05) is 12.5 Å². The van der Waals surface area contributed by atoms with Crippen LogP contribution < -0.4 is 0 Å². The first-order chi connectivity index (χ1) is 10.3. The Morgan fingerprint density at radius 1 is 1.14 bits per heavy atom. The zero-order valence-electron chi connectivity index (χ0n) is 13.5. The predicted octanol–water partition coefficient (Wildman–Crippen LogP) is 3.10. The standard InChI is InChI=1S/C17H23NO4/c1-12-10-18(16(20)22-17(2,3)4)11-14(12)21-15(19)13-8-6-5-7-9-13/h5-9,12,14H,10-11H2,1-4H3. The molecule has 120 valence electrons. The van der Waals surface area contributed by atoms with E-state index in [4.69, 9.17) is 9.47 Å². The van der Waals surface area contributed by atoms with Crippen molar-refractivity contribution in [2.24, 2.45) is 5.92 Å². The Balaban J connectivity index is 1.94. The molecule has 0 bridgehead atoms. The van der Waals surface area contributed by atoms with E-state index < -0.39 is 5.60 Å². The Morgan fingerprint density at radius 3 is 2.36 bits per heavy atom. The van der Waals surface area contributed by atoms with Crippen LogP contribution in [0.4, 0.5) is 4.79 Å². The molecule has 0 radical (unpaired) electrons. The number of nitrogens with zero attached hydrogens (tertiary/aromatic N) is 1. The Morgan fingerprint density at radius 2 is 1.77 bits per heavy atom. The molecule has 2 rings (SSSR count). The Bertz CT molecular complexity index is 535. The zero-order chi connectivity index (χ0) is 16.3. The zero-order valence-corrected chi connectivity index (χ0v) is 13.5. The van der Waals surface area contributed by atoms with E-state index in [-0.39, 0.29) is 24.1 Å². The summed E-state index contributed by atoms with van der Waals surface area (Å²) in [7, 11) is 0. The average molecular weight is 305 g/mol. The van der Waals surface area contributed by atoms with E-state index in [0.29, 0.717) is 18.7 Å². The van der Waals surface area contributed by atoms with Gasteiger partial charge < -0.3 is 14.4 Å². The number of amides is 1. The van der Waals surface area contributed by atoms with E-state index in [9.17, 15) is 9.59 Å². The van der Waals surface area contributed by atoms with Gasteiger partial charge in [0.05, 0.1) is 12.1 Å². The molecule has 2 unspecified atom stereocenters. The van der Waals surface area contributed by atoms with Crippen molar-refractivity contribution in [1.82, 2.24) is 4.90 Å². The Kier molecular flexibility index (Phi) is 4.74. The molecule has 0 saturated carbocycles. The van der Waals surface area contributed by atoms with Gasteiger partial charge in [-0.15, -0.1) is 0 Å². The first-order valence-electron chi connectivity index (χ1n) is 7.50. The van der Waals surface area contributed by atoms with Crippen LogP contribution >= 0.6 is 0 Å². The second-order valence-electron chi connectivity index (χ2n) is 6.67. The topological polar surface area (TPSA) is 55.8 Å². The number of hydrogen-bond acceptors (Lipinski definition) is 4. The highest BCUT2D eigenvalue weighted by Gasteiger charge is 2.37. The molecule has 1 aromatic carbocycles. The molecule has 1 saturated heterocycles.